The molecule has 0 bridgehead atoms. The molecule has 1 aromatic carbocycles. The molecule has 0 unspecified atom stereocenters. The molecule has 0 aliphatic heterocycles. The minimum atomic E-state index is -4.14. The van der Waals surface area contributed by atoms with E-state index >= 15 is 0 Å². The summed E-state index contributed by atoms with van der Waals surface area (Å²) in [5, 5.41) is 2.56. The van der Waals surface area contributed by atoms with Crippen LogP contribution in [0.25, 0.3) is 0 Å². The Kier molecular flexibility index (Phi) is 5.34. The summed E-state index contributed by atoms with van der Waals surface area (Å²) < 4.78 is 35.9. The standard InChI is InChI=1S/C11H12BrClFNO3S/c1-6(2)5-15-11(16)7-3-8(14)10(12)9(4-7)19(13,17)18/h3-4,6H,5H2,1-2H3,(H,15,16). The third-order valence-electron chi connectivity index (χ3n) is 2.19. The van der Waals surface area contributed by atoms with E-state index in [1.807, 2.05) is 13.8 Å². The van der Waals surface area contributed by atoms with Crippen LogP contribution in [0, 0.1) is 11.7 Å². The lowest BCUT2D eigenvalue weighted by molar-refractivity contribution is 0.0948. The van der Waals surface area contributed by atoms with E-state index in [9.17, 15) is 17.6 Å². The second-order valence-corrected chi connectivity index (χ2v) is 7.64. The predicted octanol–water partition coefficient (Wildman–Crippen LogP) is 2.90. The molecule has 0 spiro atoms. The van der Waals surface area contributed by atoms with E-state index in [4.69, 9.17) is 10.7 Å². The second kappa shape index (κ2) is 6.19. The van der Waals surface area contributed by atoms with E-state index in [2.05, 4.69) is 21.2 Å². The van der Waals surface area contributed by atoms with E-state index in [1.54, 1.807) is 0 Å². The number of hydrogen-bond acceptors (Lipinski definition) is 3. The van der Waals surface area contributed by atoms with Crippen molar-refractivity contribution in [3.8, 4) is 0 Å². The lowest BCUT2D eigenvalue weighted by Gasteiger charge is -2.09. The molecule has 1 rings (SSSR count). The number of benzene rings is 1. The summed E-state index contributed by atoms with van der Waals surface area (Å²) in [5.74, 6) is -1.20. The number of halogens is 3. The van der Waals surface area contributed by atoms with Gasteiger partial charge in [0.05, 0.1) is 4.47 Å². The molecule has 0 aliphatic carbocycles. The first kappa shape index (κ1) is 16.4. The largest absolute Gasteiger partial charge is 0.352 e. The maximum absolute atomic E-state index is 13.6. The third kappa shape index (κ3) is 4.43. The highest BCUT2D eigenvalue weighted by molar-refractivity contribution is 9.10. The van der Waals surface area contributed by atoms with Gasteiger partial charge in [-0.3, -0.25) is 4.79 Å². The molecule has 8 heteroatoms. The first-order valence-corrected chi connectivity index (χ1v) is 8.45. The Morgan fingerprint density at radius 2 is 2.05 bits per heavy atom. The minimum Gasteiger partial charge on any atom is -0.352 e. The Morgan fingerprint density at radius 1 is 1.47 bits per heavy atom. The first-order valence-electron chi connectivity index (χ1n) is 5.35. The number of amides is 1. The Labute approximate surface area is 123 Å². The van der Waals surface area contributed by atoms with Gasteiger partial charge in [-0.15, -0.1) is 0 Å². The fourth-order valence-corrected chi connectivity index (χ4v) is 3.36. The zero-order valence-electron chi connectivity index (χ0n) is 10.2. The number of carbonyl (C=O) groups excluding carboxylic acids is 1. The van der Waals surface area contributed by atoms with Crippen LogP contribution >= 0.6 is 26.6 Å². The molecule has 1 amide bonds. The van der Waals surface area contributed by atoms with Crippen LogP contribution < -0.4 is 5.32 Å². The molecule has 0 aromatic heterocycles. The average Bonchev–Trinajstić information content (AvgIpc) is 2.27. The van der Waals surface area contributed by atoms with Gasteiger partial charge in [0, 0.05) is 22.8 Å². The summed E-state index contributed by atoms with van der Waals surface area (Å²) in [7, 11) is 1.05. The molecule has 1 N–H and O–H groups in total. The zero-order chi connectivity index (χ0) is 14.8. The molecule has 0 aliphatic rings. The normalized spacial score (nSPS) is 11.7. The first-order chi connectivity index (χ1) is 8.62. The predicted molar refractivity (Wildman–Crippen MR) is 74.3 cm³/mol. The van der Waals surface area contributed by atoms with Crippen molar-refractivity contribution < 1.29 is 17.6 Å². The smallest absolute Gasteiger partial charge is 0.262 e. The van der Waals surface area contributed by atoms with E-state index in [0.29, 0.717) is 6.54 Å². The summed E-state index contributed by atoms with van der Waals surface area (Å²) in [4.78, 5) is 11.3. The van der Waals surface area contributed by atoms with Gasteiger partial charge in [-0.1, -0.05) is 13.8 Å². The van der Waals surface area contributed by atoms with Crippen molar-refractivity contribution in [1.29, 1.82) is 0 Å². The molecule has 1 aromatic rings. The van der Waals surface area contributed by atoms with Gasteiger partial charge in [0.25, 0.3) is 15.0 Å². The zero-order valence-corrected chi connectivity index (χ0v) is 13.4. The molecule has 4 nitrogen and oxygen atoms in total. The Hall–Kier alpha value is -0.660. The van der Waals surface area contributed by atoms with Crippen molar-refractivity contribution in [3.63, 3.8) is 0 Å². The maximum Gasteiger partial charge on any atom is 0.262 e. The lowest BCUT2D eigenvalue weighted by Crippen LogP contribution is -2.27. The highest BCUT2D eigenvalue weighted by atomic mass is 79.9. The average molecular weight is 373 g/mol. The molecular formula is C11H12BrClFNO3S. The van der Waals surface area contributed by atoms with Gasteiger partial charge in [-0.05, 0) is 34.0 Å². The number of hydrogen-bond donors (Lipinski definition) is 1. The summed E-state index contributed by atoms with van der Waals surface area (Å²) in [6.07, 6.45) is 0. The van der Waals surface area contributed by atoms with Gasteiger partial charge >= 0.3 is 0 Å². The van der Waals surface area contributed by atoms with Gasteiger partial charge in [0.1, 0.15) is 10.7 Å². The van der Waals surface area contributed by atoms with E-state index in [-0.39, 0.29) is 16.0 Å². The maximum atomic E-state index is 13.6. The monoisotopic (exact) mass is 371 g/mol. The van der Waals surface area contributed by atoms with Gasteiger partial charge in [-0.2, -0.15) is 0 Å². The minimum absolute atomic E-state index is 0.0967. The van der Waals surface area contributed by atoms with Crippen LogP contribution in [0.2, 0.25) is 0 Å². The molecule has 19 heavy (non-hydrogen) atoms. The topological polar surface area (TPSA) is 63.2 Å². The van der Waals surface area contributed by atoms with Crippen molar-refractivity contribution >= 4 is 41.6 Å². The second-order valence-electron chi connectivity index (χ2n) is 4.31. The van der Waals surface area contributed by atoms with Crippen molar-refractivity contribution in [3.05, 3.63) is 28.0 Å². The Balaban J connectivity index is 3.18. The molecule has 0 fully saturated rings. The number of nitrogens with one attached hydrogen (secondary N) is 1. The van der Waals surface area contributed by atoms with Crippen molar-refractivity contribution in [2.45, 2.75) is 18.7 Å². The molecule has 0 saturated carbocycles. The molecule has 106 valence electrons. The molecule has 0 radical (unpaired) electrons. The van der Waals surface area contributed by atoms with Crippen LogP contribution in [-0.4, -0.2) is 20.9 Å². The fraction of sp³-hybridized carbons (Fsp3) is 0.364. The fourth-order valence-electron chi connectivity index (χ4n) is 1.27. The third-order valence-corrected chi connectivity index (χ3v) is 4.61. The van der Waals surface area contributed by atoms with Crippen molar-refractivity contribution in [2.24, 2.45) is 5.92 Å². The van der Waals surface area contributed by atoms with Gasteiger partial charge in [0.2, 0.25) is 0 Å². The van der Waals surface area contributed by atoms with Crippen LogP contribution in [0.5, 0.6) is 0 Å². The summed E-state index contributed by atoms with van der Waals surface area (Å²) in [5.41, 5.74) is -0.0967. The van der Waals surface area contributed by atoms with Crippen LogP contribution in [-0.2, 0) is 9.05 Å². The Morgan fingerprint density at radius 3 is 2.53 bits per heavy atom. The summed E-state index contributed by atoms with van der Waals surface area (Å²) >= 11 is 2.79. The van der Waals surface area contributed by atoms with Crippen LogP contribution in [0.1, 0.15) is 24.2 Å². The van der Waals surface area contributed by atoms with Gasteiger partial charge in [-0.25, -0.2) is 12.8 Å². The lowest BCUT2D eigenvalue weighted by atomic mass is 10.2. The van der Waals surface area contributed by atoms with E-state index < -0.39 is 25.7 Å². The van der Waals surface area contributed by atoms with Gasteiger partial charge in [0.15, 0.2) is 0 Å². The van der Waals surface area contributed by atoms with Crippen LogP contribution in [0.15, 0.2) is 21.5 Å². The SMILES string of the molecule is CC(C)CNC(=O)c1cc(F)c(Br)c(S(=O)(=O)Cl)c1. The van der Waals surface area contributed by atoms with E-state index in [1.165, 1.54) is 0 Å². The van der Waals surface area contributed by atoms with Gasteiger partial charge < -0.3 is 5.32 Å². The molecule has 0 saturated heterocycles. The van der Waals surface area contributed by atoms with E-state index in [0.717, 1.165) is 12.1 Å². The highest BCUT2D eigenvalue weighted by Crippen LogP contribution is 2.29. The Bertz CT molecular complexity index is 604. The number of carbonyl (C=O) groups is 1. The van der Waals surface area contributed by atoms with Crippen LogP contribution in [0.3, 0.4) is 0 Å². The van der Waals surface area contributed by atoms with Crippen molar-refractivity contribution in [1.82, 2.24) is 5.32 Å². The molecule has 0 atom stereocenters. The summed E-state index contributed by atoms with van der Waals surface area (Å²) in [6.45, 7) is 4.20. The van der Waals surface area contributed by atoms with Crippen LogP contribution in [0.4, 0.5) is 4.39 Å². The molecule has 0 heterocycles. The highest BCUT2D eigenvalue weighted by Gasteiger charge is 2.21. The van der Waals surface area contributed by atoms with Crippen molar-refractivity contribution in [2.75, 3.05) is 6.54 Å². The quantitative estimate of drug-likeness (QED) is 0.827. The molecular weight excluding hydrogens is 361 g/mol. The number of rotatable bonds is 4. The summed E-state index contributed by atoms with van der Waals surface area (Å²) in [6, 6.07) is 1.98.